The molecule has 6 nitrogen and oxygen atoms in total. The number of hydrogen-bond donors (Lipinski definition) is 0. The van der Waals surface area contributed by atoms with Crippen molar-refractivity contribution in [2.24, 2.45) is 0 Å². The highest BCUT2D eigenvalue weighted by Crippen LogP contribution is 2.33. The van der Waals surface area contributed by atoms with Crippen molar-refractivity contribution in [2.75, 3.05) is 0 Å². The van der Waals surface area contributed by atoms with Crippen LogP contribution in [0.25, 0.3) is 11.0 Å². The van der Waals surface area contributed by atoms with Crippen LogP contribution < -0.4 is 10.4 Å². The highest BCUT2D eigenvalue weighted by Gasteiger charge is 2.16. The Morgan fingerprint density at radius 3 is 2.67 bits per heavy atom. The molecule has 2 aromatic carbocycles. The van der Waals surface area contributed by atoms with Crippen LogP contribution in [0, 0.1) is 17.0 Å². The van der Waals surface area contributed by atoms with Gasteiger partial charge in [-0.05, 0) is 42.7 Å². The highest BCUT2D eigenvalue weighted by molar-refractivity contribution is 5.81. The van der Waals surface area contributed by atoms with Gasteiger partial charge in [0, 0.05) is 23.6 Å². The van der Waals surface area contributed by atoms with Gasteiger partial charge in [-0.1, -0.05) is 13.0 Å². The maximum Gasteiger partial charge on any atom is 0.336 e. The molecule has 122 valence electrons. The van der Waals surface area contributed by atoms with Gasteiger partial charge in [0.2, 0.25) is 5.75 Å². The number of nitrogens with zero attached hydrogens (tertiary/aromatic N) is 1. The number of aryl methyl sites for hydroxylation is 2. The fraction of sp³-hybridized carbons (Fsp3) is 0.167. The summed E-state index contributed by atoms with van der Waals surface area (Å²) >= 11 is 0. The number of nitro benzene ring substituents is 1. The first-order chi connectivity index (χ1) is 11.5. The second-order valence-electron chi connectivity index (χ2n) is 5.43. The van der Waals surface area contributed by atoms with Crippen LogP contribution in [0.3, 0.4) is 0 Å². The third-order valence-electron chi connectivity index (χ3n) is 3.72. The molecule has 1 aromatic heterocycles. The second-order valence-corrected chi connectivity index (χ2v) is 5.43. The SMILES string of the molecule is CCc1cc(=O)oc2cc(Oc3ccc(C)cc3[N+](=O)[O-])ccc12. The lowest BCUT2D eigenvalue weighted by atomic mass is 10.1. The van der Waals surface area contributed by atoms with Crippen LogP contribution >= 0.6 is 0 Å². The Morgan fingerprint density at radius 1 is 1.17 bits per heavy atom. The predicted molar refractivity (Wildman–Crippen MR) is 89.8 cm³/mol. The van der Waals surface area contributed by atoms with Gasteiger partial charge >= 0.3 is 11.3 Å². The van der Waals surface area contributed by atoms with Crippen molar-refractivity contribution in [2.45, 2.75) is 20.3 Å². The molecule has 24 heavy (non-hydrogen) atoms. The lowest BCUT2D eigenvalue weighted by Gasteiger charge is -2.08. The zero-order valence-electron chi connectivity index (χ0n) is 13.2. The van der Waals surface area contributed by atoms with Crippen molar-refractivity contribution in [1.29, 1.82) is 0 Å². The molecule has 0 aliphatic rings. The van der Waals surface area contributed by atoms with Gasteiger partial charge in [0.25, 0.3) is 0 Å². The Bertz CT molecular complexity index is 990. The third-order valence-corrected chi connectivity index (χ3v) is 3.72. The van der Waals surface area contributed by atoms with Gasteiger partial charge in [-0.15, -0.1) is 0 Å². The Kier molecular flexibility index (Phi) is 4.04. The quantitative estimate of drug-likeness (QED) is 0.404. The molecule has 0 bridgehead atoms. The van der Waals surface area contributed by atoms with Gasteiger partial charge in [0.1, 0.15) is 11.3 Å². The molecule has 0 spiro atoms. The van der Waals surface area contributed by atoms with Crippen molar-refractivity contribution in [3.63, 3.8) is 0 Å². The van der Waals surface area contributed by atoms with Crippen LogP contribution in [0.15, 0.2) is 51.7 Å². The maximum absolute atomic E-state index is 11.6. The first-order valence-electron chi connectivity index (χ1n) is 7.47. The maximum atomic E-state index is 11.6. The molecule has 3 rings (SSSR count). The first-order valence-corrected chi connectivity index (χ1v) is 7.47. The zero-order valence-corrected chi connectivity index (χ0v) is 13.2. The number of ether oxygens (including phenoxy) is 1. The summed E-state index contributed by atoms with van der Waals surface area (Å²) in [5.41, 5.74) is 1.50. The second kappa shape index (κ2) is 6.16. The van der Waals surface area contributed by atoms with E-state index in [-0.39, 0.29) is 11.4 Å². The average Bonchev–Trinajstić information content (AvgIpc) is 2.55. The Morgan fingerprint density at radius 2 is 1.96 bits per heavy atom. The van der Waals surface area contributed by atoms with Crippen molar-refractivity contribution >= 4 is 16.7 Å². The van der Waals surface area contributed by atoms with E-state index in [0.717, 1.165) is 16.5 Å². The number of rotatable bonds is 4. The minimum Gasteiger partial charge on any atom is -0.450 e. The molecule has 0 saturated carbocycles. The summed E-state index contributed by atoms with van der Waals surface area (Å²) < 4.78 is 10.9. The molecule has 1 heterocycles. The summed E-state index contributed by atoms with van der Waals surface area (Å²) in [5, 5.41) is 12.0. The molecule has 3 aromatic rings. The van der Waals surface area contributed by atoms with Gasteiger partial charge in [-0.2, -0.15) is 0 Å². The molecule has 0 saturated heterocycles. The van der Waals surface area contributed by atoms with Crippen molar-refractivity contribution in [3.05, 3.63) is 74.1 Å². The molecule has 0 radical (unpaired) electrons. The molecular formula is C18H15NO5. The third kappa shape index (κ3) is 2.99. The lowest BCUT2D eigenvalue weighted by molar-refractivity contribution is -0.385. The standard InChI is InChI=1S/C18H15NO5/c1-3-12-9-18(20)24-17-10-13(5-6-14(12)17)23-16-7-4-11(2)8-15(16)19(21)22/h4-10H,3H2,1-2H3. The molecule has 0 aliphatic heterocycles. The Labute approximate surface area is 137 Å². The summed E-state index contributed by atoms with van der Waals surface area (Å²) in [5.74, 6) is 0.504. The molecule has 6 heteroatoms. The van der Waals surface area contributed by atoms with Gasteiger partial charge < -0.3 is 9.15 Å². The highest BCUT2D eigenvalue weighted by atomic mass is 16.6. The topological polar surface area (TPSA) is 82.6 Å². The monoisotopic (exact) mass is 325 g/mol. The molecule has 0 aliphatic carbocycles. The van der Waals surface area contributed by atoms with Gasteiger partial charge in [-0.25, -0.2) is 4.79 Å². The summed E-state index contributed by atoms with van der Waals surface area (Å²) in [6.07, 6.45) is 0.700. The smallest absolute Gasteiger partial charge is 0.336 e. The lowest BCUT2D eigenvalue weighted by Crippen LogP contribution is -2.00. The Balaban J connectivity index is 2.06. The van der Waals surface area contributed by atoms with Crippen LogP contribution in [-0.4, -0.2) is 4.92 Å². The zero-order chi connectivity index (χ0) is 17.3. The molecule has 0 N–H and O–H groups in total. The van der Waals surface area contributed by atoms with E-state index in [4.69, 9.17) is 9.15 Å². The number of hydrogen-bond acceptors (Lipinski definition) is 5. The molecular weight excluding hydrogens is 310 g/mol. The fourth-order valence-electron chi connectivity index (χ4n) is 2.55. The molecule has 0 unspecified atom stereocenters. The van der Waals surface area contributed by atoms with Gasteiger partial charge in [0.15, 0.2) is 0 Å². The van der Waals surface area contributed by atoms with E-state index in [1.807, 2.05) is 6.92 Å². The number of nitro groups is 1. The first kappa shape index (κ1) is 15.7. The van der Waals surface area contributed by atoms with Crippen LogP contribution in [0.4, 0.5) is 5.69 Å². The van der Waals surface area contributed by atoms with Crippen LogP contribution in [-0.2, 0) is 6.42 Å². The molecule has 0 fully saturated rings. The van der Waals surface area contributed by atoms with Gasteiger partial charge in [-0.3, -0.25) is 10.1 Å². The van der Waals surface area contributed by atoms with Crippen molar-refractivity contribution in [1.82, 2.24) is 0 Å². The summed E-state index contributed by atoms with van der Waals surface area (Å²) in [4.78, 5) is 22.3. The van der Waals surface area contributed by atoms with E-state index < -0.39 is 10.5 Å². The van der Waals surface area contributed by atoms with Crippen molar-refractivity contribution < 1.29 is 14.1 Å². The Hall–Kier alpha value is -3.15. The minimum atomic E-state index is -0.487. The summed E-state index contributed by atoms with van der Waals surface area (Å²) in [6, 6.07) is 11.3. The number of benzene rings is 2. The number of fused-ring (bicyclic) bond motifs is 1. The largest absolute Gasteiger partial charge is 0.450 e. The normalized spacial score (nSPS) is 10.8. The summed E-state index contributed by atoms with van der Waals surface area (Å²) in [6.45, 7) is 3.72. The van der Waals surface area contributed by atoms with E-state index in [1.54, 1.807) is 37.3 Å². The van der Waals surface area contributed by atoms with E-state index in [1.165, 1.54) is 12.1 Å². The molecule has 0 amide bonds. The van der Waals surface area contributed by atoms with E-state index in [9.17, 15) is 14.9 Å². The minimum absolute atomic E-state index is 0.112. The van der Waals surface area contributed by atoms with E-state index in [2.05, 4.69) is 0 Å². The van der Waals surface area contributed by atoms with Crippen LogP contribution in [0.2, 0.25) is 0 Å². The molecule has 0 atom stereocenters. The fourth-order valence-corrected chi connectivity index (χ4v) is 2.55. The average molecular weight is 325 g/mol. The van der Waals surface area contributed by atoms with Crippen LogP contribution in [0.5, 0.6) is 11.5 Å². The summed E-state index contributed by atoms with van der Waals surface area (Å²) in [7, 11) is 0. The van der Waals surface area contributed by atoms with Gasteiger partial charge in [0.05, 0.1) is 4.92 Å². The van der Waals surface area contributed by atoms with Crippen molar-refractivity contribution in [3.8, 4) is 11.5 Å². The van der Waals surface area contributed by atoms with E-state index in [0.29, 0.717) is 17.8 Å². The van der Waals surface area contributed by atoms with Crippen LogP contribution in [0.1, 0.15) is 18.1 Å². The van der Waals surface area contributed by atoms with E-state index >= 15 is 0 Å². The predicted octanol–water partition coefficient (Wildman–Crippen LogP) is 4.36.